The molecule has 0 fully saturated rings. The summed E-state index contributed by atoms with van der Waals surface area (Å²) in [6.07, 6.45) is 0.906. The van der Waals surface area contributed by atoms with Crippen molar-refractivity contribution in [2.45, 2.75) is 33.2 Å². The molecule has 1 unspecified atom stereocenters. The lowest BCUT2D eigenvalue weighted by molar-refractivity contribution is 0.230. The Morgan fingerprint density at radius 1 is 1.15 bits per heavy atom. The van der Waals surface area contributed by atoms with Crippen LogP contribution in [0.5, 0.6) is 11.5 Å². The van der Waals surface area contributed by atoms with Crippen molar-refractivity contribution in [3.8, 4) is 11.5 Å². The van der Waals surface area contributed by atoms with E-state index in [1.807, 2.05) is 19.2 Å². The van der Waals surface area contributed by atoms with Crippen LogP contribution in [0.3, 0.4) is 0 Å². The van der Waals surface area contributed by atoms with Crippen molar-refractivity contribution in [1.82, 2.24) is 15.1 Å². The van der Waals surface area contributed by atoms with Crippen LogP contribution < -0.4 is 14.8 Å². The minimum Gasteiger partial charge on any atom is -0.493 e. The third-order valence-corrected chi connectivity index (χ3v) is 4.75. The van der Waals surface area contributed by atoms with Crippen molar-refractivity contribution in [3.05, 3.63) is 23.8 Å². The Bertz CT molecular complexity index is 559. The molecule has 1 aromatic carbocycles. The summed E-state index contributed by atoms with van der Waals surface area (Å²) >= 11 is 0. The van der Waals surface area contributed by atoms with Crippen molar-refractivity contribution < 1.29 is 9.47 Å². The van der Waals surface area contributed by atoms with Gasteiger partial charge in [-0.15, -0.1) is 0 Å². The van der Waals surface area contributed by atoms with E-state index in [0.29, 0.717) is 6.04 Å². The first-order valence-corrected chi connectivity index (χ1v) is 9.37. The monoisotopic (exact) mass is 364 g/mol. The predicted molar refractivity (Wildman–Crippen MR) is 110 cm³/mol. The highest BCUT2D eigenvalue weighted by Gasteiger charge is 2.12. The largest absolute Gasteiger partial charge is 0.493 e. The molecule has 0 saturated carbocycles. The molecule has 1 atom stereocenters. The molecule has 0 aliphatic carbocycles. The van der Waals surface area contributed by atoms with Crippen molar-refractivity contribution >= 4 is 5.96 Å². The molecule has 0 bridgehead atoms. The first kappa shape index (κ1) is 22.1. The van der Waals surface area contributed by atoms with E-state index >= 15 is 0 Å². The van der Waals surface area contributed by atoms with Crippen LogP contribution >= 0.6 is 0 Å². The molecule has 1 N–H and O–H groups in total. The SMILES string of the molecule is CCN(CC)C(C)CNC(=NC)N(C)CCc1ccc(OC)c(OC)c1. The van der Waals surface area contributed by atoms with Gasteiger partial charge in [0.1, 0.15) is 0 Å². The normalized spacial score (nSPS) is 12.8. The molecule has 0 heterocycles. The Kier molecular flexibility index (Phi) is 9.88. The predicted octanol–water partition coefficient (Wildman–Crippen LogP) is 2.48. The number of likely N-dealkylation sites (N-methyl/N-ethyl adjacent to an activating group) is 2. The summed E-state index contributed by atoms with van der Waals surface area (Å²) in [6.45, 7) is 10.5. The number of nitrogens with zero attached hydrogens (tertiary/aromatic N) is 3. The van der Waals surface area contributed by atoms with E-state index in [1.54, 1.807) is 14.2 Å². The molecule has 0 spiro atoms. The third-order valence-electron chi connectivity index (χ3n) is 4.75. The van der Waals surface area contributed by atoms with Crippen molar-refractivity contribution in [3.63, 3.8) is 0 Å². The Morgan fingerprint density at radius 2 is 1.81 bits per heavy atom. The number of nitrogens with one attached hydrogen (secondary N) is 1. The number of hydrogen-bond acceptors (Lipinski definition) is 4. The number of methoxy groups -OCH3 is 2. The standard InChI is InChI=1S/C20H36N4O2/c1-8-24(9-2)16(3)15-22-20(21-4)23(5)13-12-17-10-11-18(25-6)19(14-17)26-7/h10-11,14,16H,8-9,12-13,15H2,1-7H3,(H,21,22). The molecule has 26 heavy (non-hydrogen) atoms. The van der Waals surface area contributed by atoms with Gasteiger partial charge in [0.05, 0.1) is 14.2 Å². The topological polar surface area (TPSA) is 49.3 Å². The van der Waals surface area contributed by atoms with Crippen LogP contribution in [0.25, 0.3) is 0 Å². The maximum Gasteiger partial charge on any atom is 0.193 e. The summed E-state index contributed by atoms with van der Waals surface area (Å²) in [4.78, 5) is 9.01. The zero-order valence-electron chi connectivity index (χ0n) is 17.5. The Morgan fingerprint density at radius 3 is 2.35 bits per heavy atom. The molecule has 1 aromatic rings. The first-order chi connectivity index (χ1) is 12.5. The number of hydrogen-bond donors (Lipinski definition) is 1. The Hall–Kier alpha value is -1.95. The van der Waals surface area contributed by atoms with E-state index < -0.39 is 0 Å². The van der Waals surface area contributed by atoms with Crippen LogP contribution in [0.2, 0.25) is 0 Å². The molecule has 6 nitrogen and oxygen atoms in total. The fraction of sp³-hybridized carbons (Fsp3) is 0.650. The van der Waals surface area contributed by atoms with Crippen LogP contribution in [0, 0.1) is 0 Å². The Labute approximate surface area is 159 Å². The van der Waals surface area contributed by atoms with Gasteiger partial charge in [0.25, 0.3) is 0 Å². The second kappa shape index (κ2) is 11.6. The molecule has 0 aliphatic heterocycles. The van der Waals surface area contributed by atoms with E-state index in [1.165, 1.54) is 5.56 Å². The highest BCUT2D eigenvalue weighted by atomic mass is 16.5. The van der Waals surface area contributed by atoms with Crippen LogP contribution in [-0.2, 0) is 6.42 Å². The number of ether oxygens (including phenoxy) is 2. The average molecular weight is 365 g/mol. The van der Waals surface area contributed by atoms with Gasteiger partial charge in [-0.05, 0) is 44.1 Å². The van der Waals surface area contributed by atoms with Gasteiger partial charge in [0.15, 0.2) is 17.5 Å². The van der Waals surface area contributed by atoms with Gasteiger partial charge in [-0.1, -0.05) is 19.9 Å². The summed E-state index contributed by atoms with van der Waals surface area (Å²) in [5.41, 5.74) is 1.21. The highest BCUT2D eigenvalue weighted by molar-refractivity contribution is 5.79. The van der Waals surface area contributed by atoms with E-state index in [0.717, 1.165) is 50.1 Å². The van der Waals surface area contributed by atoms with Gasteiger partial charge in [0.2, 0.25) is 0 Å². The zero-order valence-corrected chi connectivity index (χ0v) is 17.5. The smallest absolute Gasteiger partial charge is 0.193 e. The summed E-state index contributed by atoms with van der Waals surface area (Å²) in [5.74, 6) is 2.44. The lowest BCUT2D eigenvalue weighted by Gasteiger charge is -2.29. The fourth-order valence-electron chi connectivity index (χ4n) is 3.04. The molecule has 0 saturated heterocycles. The van der Waals surface area contributed by atoms with E-state index in [4.69, 9.17) is 9.47 Å². The summed E-state index contributed by atoms with van der Waals surface area (Å²) in [5, 5.41) is 3.48. The second-order valence-corrected chi connectivity index (χ2v) is 6.36. The number of aliphatic imine (C=N–C) groups is 1. The molecule has 0 aliphatic rings. The third kappa shape index (κ3) is 6.41. The van der Waals surface area contributed by atoms with Gasteiger partial charge in [0, 0.05) is 33.2 Å². The lowest BCUT2D eigenvalue weighted by atomic mass is 10.1. The van der Waals surface area contributed by atoms with Gasteiger partial charge < -0.3 is 19.7 Å². The van der Waals surface area contributed by atoms with E-state index in [-0.39, 0.29) is 0 Å². The van der Waals surface area contributed by atoms with Gasteiger partial charge >= 0.3 is 0 Å². The maximum absolute atomic E-state index is 5.38. The van der Waals surface area contributed by atoms with E-state index in [9.17, 15) is 0 Å². The molecule has 6 heteroatoms. The number of guanidine groups is 1. The molecular formula is C20H36N4O2. The van der Waals surface area contributed by atoms with Crippen LogP contribution in [0.1, 0.15) is 26.3 Å². The second-order valence-electron chi connectivity index (χ2n) is 6.36. The molecule has 1 rings (SSSR count). The number of rotatable bonds is 10. The maximum atomic E-state index is 5.38. The zero-order chi connectivity index (χ0) is 19.5. The minimum absolute atomic E-state index is 0.473. The highest BCUT2D eigenvalue weighted by Crippen LogP contribution is 2.27. The van der Waals surface area contributed by atoms with Gasteiger partial charge in [-0.25, -0.2) is 0 Å². The first-order valence-electron chi connectivity index (χ1n) is 9.37. The van der Waals surface area contributed by atoms with Crippen LogP contribution in [0.15, 0.2) is 23.2 Å². The van der Waals surface area contributed by atoms with Crippen molar-refractivity contribution in [2.24, 2.45) is 4.99 Å². The van der Waals surface area contributed by atoms with Crippen molar-refractivity contribution in [2.75, 3.05) is 54.5 Å². The summed E-state index contributed by atoms with van der Waals surface area (Å²) in [7, 11) is 7.21. The minimum atomic E-state index is 0.473. The molecule has 0 amide bonds. The quantitative estimate of drug-likeness (QED) is 0.511. The van der Waals surface area contributed by atoms with E-state index in [2.05, 4.69) is 54.0 Å². The number of benzene rings is 1. The lowest BCUT2D eigenvalue weighted by Crippen LogP contribution is -2.46. The molecular weight excluding hydrogens is 328 g/mol. The van der Waals surface area contributed by atoms with Gasteiger partial charge in [-0.3, -0.25) is 9.89 Å². The molecule has 0 radical (unpaired) electrons. The van der Waals surface area contributed by atoms with Crippen LogP contribution in [-0.4, -0.2) is 76.3 Å². The fourth-order valence-corrected chi connectivity index (χ4v) is 3.04. The van der Waals surface area contributed by atoms with Crippen molar-refractivity contribution in [1.29, 1.82) is 0 Å². The van der Waals surface area contributed by atoms with Crippen LogP contribution in [0.4, 0.5) is 0 Å². The van der Waals surface area contributed by atoms with Gasteiger partial charge in [-0.2, -0.15) is 0 Å². The summed E-state index contributed by atoms with van der Waals surface area (Å²) in [6, 6.07) is 6.53. The Balaban J connectivity index is 2.58. The molecule has 0 aromatic heterocycles. The molecule has 148 valence electrons. The average Bonchev–Trinajstić information content (AvgIpc) is 2.67. The summed E-state index contributed by atoms with van der Waals surface area (Å²) < 4.78 is 10.7.